The van der Waals surface area contributed by atoms with E-state index in [9.17, 15) is 14.0 Å². The quantitative estimate of drug-likeness (QED) is 0.682. The lowest BCUT2D eigenvalue weighted by atomic mass is 9.86. The van der Waals surface area contributed by atoms with Crippen molar-refractivity contribution in [2.24, 2.45) is 5.92 Å². The Hall–Kier alpha value is -2.86. The van der Waals surface area contributed by atoms with E-state index in [2.05, 4.69) is 12.2 Å². The number of carbonyl (C=O) groups is 2. The van der Waals surface area contributed by atoms with E-state index in [1.165, 1.54) is 35.6 Å². The van der Waals surface area contributed by atoms with Gasteiger partial charge in [0.25, 0.3) is 5.91 Å². The Kier molecular flexibility index (Phi) is 6.28. The van der Waals surface area contributed by atoms with Crippen molar-refractivity contribution >= 4 is 35.2 Å². The van der Waals surface area contributed by atoms with Gasteiger partial charge >= 0.3 is 0 Å². The number of halogens is 2. The van der Waals surface area contributed by atoms with Crippen LogP contribution in [0.25, 0.3) is 6.08 Å². The van der Waals surface area contributed by atoms with Crippen molar-refractivity contribution in [3.63, 3.8) is 0 Å². The Bertz CT molecular complexity index is 1020. The van der Waals surface area contributed by atoms with Crippen LogP contribution in [0.15, 0.2) is 48.2 Å². The monoisotopic (exact) mass is 442 g/mol. The molecular weight excluding hydrogens is 419 g/mol. The minimum atomic E-state index is -0.564. The van der Waals surface area contributed by atoms with Crippen LogP contribution in [0.4, 0.5) is 10.1 Å². The molecule has 0 saturated heterocycles. The highest BCUT2D eigenvalue weighted by atomic mass is 35.5. The fourth-order valence-electron chi connectivity index (χ4n) is 4.13. The lowest BCUT2D eigenvalue weighted by molar-refractivity contribution is -0.124. The van der Waals surface area contributed by atoms with Gasteiger partial charge in [-0.1, -0.05) is 49.6 Å². The van der Waals surface area contributed by atoms with Crippen LogP contribution in [0.5, 0.6) is 5.75 Å². The van der Waals surface area contributed by atoms with Gasteiger partial charge in [0.05, 0.1) is 10.7 Å². The number of para-hydroxylation sites is 2. The molecule has 2 amide bonds. The van der Waals surface area contributed by atoms with Crippen LogP contribution in [-0.2, 0) is 9.59 Å². The van der Waals surface area contributed by atoms with E-state index >= 15 is 0 Å². The van der Waals surface area contributed by atoms with Crippen molar-refractivity contribution in [3.05, 3.63) is 64.6 Å². The van der Waals surface area contributed by atoms with E-state index in [0.29, 0.717) is 17.4 Å². The molecule has 1 aliphatic heterocycles. The van der Waals surface area contributed by atoms with E-state index < -0.39 is 11.7 Å². The topological polar surface area (TPSA) is 58.6 Å². The predicted octanol–water partition coefficient (Wildman–Crippen LogP) is 4.94. The van der Waals surface area contributed by atoms with Crippen LogP contribution in [-0.4, -0.2) is 24.4 Å². The summed E-state index contributed by atoms with van der Waals surface area (Å²) in [7, 11) is 0. The molecule has 0 aromatic heterocycles. The zero-order chi connectivity index (χ0) is 22.0. The second-order valence-electron chi connectivity index (χ2n) is 8.04. The zero-order valence-corrected chi connectivity index (χ0v) is 18.0. The molecule has 1 N–H and O–H groups in total. The Morgan fingerprint density at radius 2 is 2.00 bits per heavy atom. The minimum absolute atomic E-state index is 0.0623. The maximum Gasteiger partial charge on any atom is 0.294 e. The molecule has 2 aromatic rings. The largest absolute Gasteiger partial charge is 0.449 e. The molecule has 1 heterocycles. The molecule has 2 aromatic carbocycles. The molecule has 0 bridgehead atoms. The molecule has 1 saturated carbocycles. The minimum Gasteiger partial charge on any atom is -0.449 e. The summed E-state index contributed by atoms with van der Waals surface area (Å²) in [5.41, 5.74) is 0.559. The average molecular weight is 443 g/mol. The molecule has 0 radical (unpaired) electrons. The molecule has 4 rings (SSSR count). The summed E-state index contributed by atoms with van der Waals surface area (Å²) in [4.78, 5) is 27.4. The summed E-state index contributed by atoms with van der Waals surface area (Å²) in [5, 5.41) is 3.24. The number of rotatable bonds is 4. The van der Waals surface area contributed by atoms with Gasteiger partial charge in [-0.25, -0.2) is 4.39 Å². The average Bonchev–Trinajstić information content (AvgIpc) is 2.75. The van der Waals surface area contributed by atoms with E-state index in [4.69, 9.17) is 16.3 Å². The summed E-state index contributed by atoms with van der Waals surface area (Å²) in [5.74, 6) is -0.587. The van der Waals surface area contributed by atoms with Crippen molar-refractivity contribution in [3.8, 4) is 5.75 Å². The van der Waals surface area contributed by atoms with E-state index in [-0.39, 0.29) is 34.8 Å². The number of amides is 2. The van der Waals surface area contributed by atoms with Crippen molar-refractivity contribution in [2.45, 2.75) is 38.6 Å². The Morgan fingerprint density at radius 3 is 2.77 bits per heavy atom. The number of hydrogen-bond donors (Lipinski definition) is 1. The second kappa shape index (κ2) is 9.10. The number of anilines is 1. The molecule has 2 unspecified atom stereocenters. The van der Waals surface area contributed by atoms with Crippen molar-refractivity contribution < 1.29 is 18.7 Å². The predicted molar refractivity (Wildman–Crippen MR) is 118 cm³/mol. The second-order valence-corrected chi connectivity index (χ2v) is 8.45. The number of fused-ring (bicyclic) bond motifs is 1. The lowest BCUT2D eigenvalue weighted by Crippen LogP contribution is -2.48. The zero-order valence-electron chi connectivity index (χ0n) is 17.2. The molecule has 0 spiro atoms. The van der Waals surface area contributed by atoms with Crippen LogP contribution in [0, 0.1) is 11.7 Å². The molecule has 1 fully saturated rings. The Morgan fingerprint density at radius 1 is 1.23 bits per heavy atom. The maximum absolute atomic E-state index is 14.3. The molecule has 31 heavy (non-hydrogen) atoms. The number of nitrogens with one attached hydrogen (secondary N) is 1. The first kappa shape index (κ1) is 21.4. The summed E-state index contributed by atoms with van der Waals surface area (Å²) in [6.45, 7) is 1.99. The third kappa shape index (κ3) is 4.59. The van der Waals surface area contributed by atoms with E-state index in [1.54, 1.807) is 24.3 Å². The Balaban J connectivity index is 1.61. The smallest absolute Gasteiger partial charge is 0.294 e. The molecule has 5 nitrogen and oxygen atoms in total. The van der Waals surface area contributed by atoms with Gasteiger partial charge in [-0.15, -0.1) is 0 Å². The van der Waals surface area contributed by atoms with Crippen LogP contribution in [0.1, 0.15) is 38.2 Å². The molecule has 2 aliphatic rings. The van der Waals surface area contributed by atoms with Gasteiger partial charge in [0.15, 0.2) is 11.5 Å². The first-order valence-corrected chi connectivity index (χ1v) is 10.9. The van der Waals surface area contributed by atoms with Crippen molar-refractivity contribution in [2.75, 3.05) is 11.4 Å². The molecule has 162 valence electrons. The maximum atomic E-state index is 14.3. The number of hydrogen-bond acceptors (Lipinski definition) is 3. The third-order valence-corrected chi connectivity index (χ3v) is 6.20. The summed E-state index contributed by atoms with van der Waals surface area (Å²) < 4.78 is 20.0. The third-order valence-electron chi connectivity index (χ3n) is 5.87. The first-order chi connectivity index (χ1) is 14.9. The summed E-state index contributed by atoms with van der Waals surface area (Å²) in [6.07, 6.45) is 5.57. The number of nitrogens with zero attached hydrogens (tertiary/aromatic N) is 1. The van der Waals surface area contributed by atoms with E-state index in [0.717, 1.165) is 19.3 Å². The van der Waals surface area contributed by atoms with E-state index in [1.807, 2.05) is 0 Å². The fourth-order valence-corrected chi connectivity index (χ4v) is 4.34. The number of carbonyl (C=O) groups excluding carboxylic acids is 2. The lowest BCUT2D eigenvalue weighted by Gasteiger charge is -2.32. The van der Waals surface area contributed by atoms with Gasteiger partial charge in [0, 0.05) is 11.6 Å². The highest BCUT2D eigenvalue weighted by Gasteiger charge is 2.33. The van der Waals surface area contributed by atoms with Gasteiger partial charge in [0.2, 0.25) is 5.91 Å². The van der Waals surface area contributed by atoms with Crippen LogP contribution < -0.4 is 15.0 Å². The van der Waals surface area contributed by atoms with Crippen molar-refractivity contribution in [1.29, 1.82) is 0 Å². The number of ether oxygens (including phenoxy) is 1. The molecule has 7 heteroatoms. The van der Waals surface area contributed by atoms with Crippen LogP contribution in [0.3, 0.4) is 0 Å². The highest BCUT2D eigenvalue weighted by molar-refractivity contribution is 6.32. The number of benzene rings is 2. The Labute approximate surface area is 185 Å². The van der Waals surface area contributed by atoms with Gasteiger partial charge < -0.3 is 10.1 Å². The van der Waals surface area contributed by atoms with Gasteiger partial charge in [-0.3, -0.25) is 14.5 Å². The molecule has 1 aliphatic carbocycles. The summed E-state index contributed by atoms with van der Waals surface area (Å²) >= 11 is 6.11. The highest BCUT2D eigenvalue weighted by Crippen LogP contribution is 2.36. The fraction of sp³-hybridized carbons (Fsp3) is 0.333. The van der Waals surface area contributed by atoms with Gasteiger partial charge in [0.1, 0.15) is 12.4 Å². The van der Waals surface area contributed by atoms with Gasteiger partial charge in [-0.2, -0.15) is 0 Å². The normalized spacial score (nSPS) is 22.1. The standard InChI is InChI=1S/C24H24ClFN2O3/c1-15-7-2-3-10-19(15)27-23(29)14-28-20-11-4-5-12-21(20)31-22(24(28)30)13-16-17(25)8-6-9-18(16)26/h4-6,8-9,11-13,15,19H,2-3,7,10,14H2,1H3,(H,27,29)/b22-13-. The molecular formula is C24H24ClFN2O3. The molecule has 2 atom stereocenters. The van der Waals surface area contributed by atoms with Crippen LogP contribution in [0.2, 0.25) is 5.02 Å². The summed E-state index contributed by atoms with van der Waals surface area (Å²) in [6, 6.07) is 11.4. The van der Waals surface area contributed by atoms with Crippen LogP contribution >= 0.6 is 11.6 Å². The SMILES string of the molecule is CC1CCCCC1NC(=O)CN1C(=O)/C(=C/c2c(F)cccc2Cl)Oc2ccccc21. The first-order valence-electron chi connectivity index (χ1n) is 10.5. The van der Waals surface area contributed by atoms with Crippen molar-refractivity contribution in [1.82, 2.24) is 5.32 Å². The van der Waals surface area contributed by atoms with Gasteiger partial charge in [-0.05, 0) is 49.1 Å².